The molecular weight excluding hydrogens is 276 g/mol. The van der Waals surface area contributed by atoms with Crippen LogP contribution < -0.4 is 0 Å². The minimum absolute atomic E-state index is 0.0707. The fraction of sp³-hybridized carbons (Fsp3) is 0.444. The molecule has 0 bridgehead atoms. The smallest absolute Gasteiger partial charge is 0.250 e. The van der Waals surface area contributed by atoms with E-state index >= 15 is 0 Å². The van der Waals surface area contributed by atoms with Crippen molar-refractivity contribution in [3.63, 3.8) is 0 Å². The maximum atomic E-state index is 12.8. The first-order valence-corrected chi connectivity index (χ1v) is 7.97. The van der Waals surface area contributed by atoms with Crippen LogP contribution in [0.4, 0.5) is 0 Å². The van der Waals surface area contributed by atoms with E-state index in [9.17, 15) is 9.59 Å². The van der Waals surface area contributed by atoms with Crippen molar-refractivity contribution in [2.24, 2.45) is 0 Å². The quantitative estimate of drug-likeness (QED) is 0.839. The van der Waals surface area contributed by atoms with Gasteiger partial charge in [0.15, 0.2) is 0 Å². The van der Waals surface area contributed by atoms with Crippen LogP contribution in [0.1, 0.15) is 31.4 Å². The SMILES string of the molecule is CCC(=O)N1CCN(C(=O)C2=Cc3ccccc3C2)C(C)C1. The predicted molar refractivity (Wildman–Crippen MR) is 86.2 cm³/mol. The first-order valence-electron chi connectivity index (χ1n) is 7.97. The minimum Gasteiger partial charge on any atom is -0.339 e. The largest absolute Gasteiger partial charge is 0.339 e. The molecule has 1 saturated heterocycles. The summed E-state index contributed by atoms with van der Waals surface area (Å²) in [7, 11) is 0. The monoisotopic (exact) mass is 298 g/mol. The molecular formula is C18H22N2O2. The van der Waals surface area contributed by atoms with Crippen LogP contribution in [0.3, 0.4) is 0 Å². The highest BCUT2D eigenvalue weighted by Gasteiger charge is 2.31. The van der Waals surface area contributed by atoms with E-state index < -0.39 is 0 Å². The number of benzene rings is 1. The molecule has 4 nitrogen and oxygen atoms in total. The lowest BCUT2D eigenvalue weighted by Crippen LogP contribution is -2.55. The molecule has 22 heavy (non-hydrogen) atoms. The molecule has 1 aliphatic heterocycles. The minimum atomic E-state index is 0.0707. The van der Waals surface area contributed by atoms with Crippen LogP contribution in [0.25, 0.3) is 6.08 Å². The van der Waals surface area contributed by atoms with Gasteiger partial charge < -0.3 is 9.80 Å². The van der Waals surface area contributed by atoms with Gasteiger partial charge in [-0.05, 0) is 24.1 Å². The highest BCUT2D eigenvalue weighted by molar-refractivity contribution is 6.00. The Labute approximate surface area is 131 Å². The summed E-state index contributed by atoms with van der Waals surface area (Å²) in [6.07, 6.45) is 3.25. The van der Waals surface area contributed by atoms with Crippen molar-refractivity contribution >= 4 is 17.9 Å². The Balaban J connectivity index is 1.69. The molecule has 1 aromatic carbocycles. The number of hydrogen-bond acceptors (Lipinski definition) is 2. The summed E-state index contributed by atoms with van der Waals surface area (Å²) >= 11 is 0. The highest BCUT2D eigenvalue weighted by atomic mass is 16.2. The molecule has 0 radical (unpaired) electrons. The van der Waals surface area contributed by atoms with Crippen LogP contribution in [0.5, 0.6) is 0 Å². The predicted octanol–water partition coefficient (Wildman–Crippen LogP) is 2.10. The highest BCUT2D eigenvalue weighted by Crippen LogP contribution is 2.27. The van der Waals surface area contributed by atoms with Gasteiger partial charge in [0.1, 0.15) is 0 Å². The second-order valence-electron chi connectivity index (χ2n) is 6.09. The maximum Gasteiger partial charge on any atom is 0.250 e. The van der Waals surface area contributed by atoms with Crippen LogP contribution >= 0.6 is 0 Å². The van der Waals surface area contributed by atoms with E-state index in [0.717, 1.165) is 17.6 Å². The number of hydrogen-bond donors (Lipinski definition) is 0. The van der Waals surface area contributed by atoms with Gasteiger partial charge in [-0.15, -0.1) is 0 Å². The summed E-state index contributed by atoms with van der Waals surface area (Å²) < 4.78 is 0. The molecule has 2 amide bonds. The third kappa shape index (κ3) is 2.65. The summed E-state index contributed by atoms with van der Waals surface area (Å²) in [5, 5.41) is 0. The second-order valence-corrected chi connectivity index (χ2v) is 6.09. The number of rotatable bonds is 2. The normalized spacial score (nSPS) is 20.6. The molecule has 116 valence electrons. The van der Waals surface area contributed by atoms with E-state index in [-0.39, 0.29) is 17.9 Å². The molecule has 1 unspecified atom stereocenters. The van der Waals surface area contributed by atoms with Gasteiger partial charge in [0, 0.05) is 44.1 Å². The van der Waals surface area contributed by atoms with E-state index in [1.807, 2.05) is 41.9 Å². The van der Waals surface area contributed by atoms with Gasteiger partial charge in [0.2, 0.25) is 5.91 Å². The van der Waals surface area contributed by atoms with Crippen LogP contribution in [0.2, 0.25) is 0 Å². The summed E-state index contributed by atoms with van der Waals surface area (Å²) in [5.74, 6) is 0.290. The van der Waals surface area contributed by atoms with Crippen LogP contribution in [-0.4, -0.2) is 47.3 Å². The lowest BCUT2D eigenvalue weighted by atomic mass is 10.1. The molecule has 4 heteroatoms. The Morgan fingerprint density at radius 3 is 2.68 bits per heavy atom. The molecule has 0 aromatic heterocycles. The Kier molecular flexibility index (Phi) is 4.01. The molecule has 1 aromatic rings. The molecule has 2 aliphatic rings. The molecule has 1 fully saturated rings. The lowest BCUT2D eigenvalue weighted by molar-refractivity contribution is -0.140. The number of carbonyl (C=O) groups is 2. The van der Waals surface area contributed by atoms with Crippen molar-refractivity contribution in [3.8, 4) is 0 Å². The van der Waals surface area contributed by atoms with Crippen molar-refractivity contribution < 1.29 is 9.59 Å². The third-order valence-electron chi connectivity index (χ3n) is 4.58. The first kappa shape index (κ1) is 14.8. The zero-order valence-electron chi connectivity index (χ0n) is 13.2. The van der Waals surface area contributed by atoms with Gasteiger partial charge in [-0.1, -0.05) is 31.2 Å². The fourth-order valence-electron chi connectivity index (χ4n) is 3.31. The average molecular weight is 298 g/mol. The Morgan fingerprint density at radius 1 is 1.23 bits per heavy atom. The van der Waals surface area contributed by atoms with E-state index in [4.69, 9.17) is 0 Å². The van der Waals surface area contributed by atoms with Gasteiger partial charge in [0.05, 0.1) is 0 Å². The molecule has 1 aliphatic carbocycles. The topological polar surface area (TPSA) is 40.6 Å². The zero-order chi connectivity index (χ0) is 15.7. The van der Waals surface area contributed by atoms with Crippen molar-refractivity contribution in [2.75, 3.05) is 19.6 Å². The van der Waals surface area contributed by atoms with Crippen molar-refractivity contribution in [1.82, 2.24) is 9.80 Å². The molecule has 0 spiro atoms. The number of fused-ring (bicyclic) bond motifs is 1. The van der Waals surface area contributed by atoms with E-state index in [1.54, 1.807) is 0 Å². The van der Waals surface area contributed by atoms with Gasteiger partial charge in [-0.25, -0.2) is 0 Å². The molecule has 0 saturated carbocycles. The van der Waals surface area contributed by atoms with Gasteiger partial charge in [-0.3, -0.25) is 9.59 Å². The first-order chi connectivity index (χ1) is 10.6. The van der Waals surface area contributed by atoms with E-state index in [0.29, 0.717) is 26.1 Å². The summed E-state index contributed by atoms with van der Waals surface area (Å²) in [5.41, 5.74) is 3.24. The molecule has 3 rings (SSSR count). The summed E-state index contributed by atoms with van der Waals surface area (Å²) in [4.78, 5) is 28.4. The number of nitrogens with zero attached hydrogens (tertiary/aromatic N) is 2. The average Bonchev–Trinajstić information content (AvgIpc) is 2.97. The Morgan fingerprint density at radius 2 is 2.00 bits per heavy atom. The molecule has 1 heterocycles. The fourth-order valence-corrected chi connectivity index (χ4v) is 3.31. The van der Waals surface area contributed by atoms with Crippen LogP contribution in [-0.2, 0) is 16.0 Å². The van der Waals surface area contributed by atoms with Crippen molar-refractivity contribution in [3.05, 3.63) is 41.0 Å². The van der Waals surface area contributed by atoms with Crippen molar-refractivity contribution in [1.29, 1.82) is 0 Å². The zero-order valence-corrected chi connectivity index (χ0v) is 13.2. The van der Waals surface area contributed by atoms with Gasteiger partial charge in [0.25, 0.3) is 5.91 Å². The number of amides is 2. The summed E-state index contributed by atoms with van der Waals surface area (Å²) in [6, 6.07) is 8.21. The third-order valence-corrected chi connectivity index (χ3v) is 4.58. The van der Waals surface area contributed by atoms with Crippen LogP contribution in [0.15, 0.2) is 29.8 Å². The number of piperazine rings is 1. The van der Waals surface area contributed by atoms with Gasteiger partial charge >= 0.3 is 0 Å². The maximum absolute atomic E-state index is 12.8. The second kappa shape index (κ2) is 5.95. The van der Waals surface area contributed by atoms with Crippen molar-refractivity contribution in [2.45, 2.75) is 32.7 Å². The van der Waals surface area contributed by atoms with E-state index in [2.05, 4.69) is 12.1 Å². The summed E-state index contributed by atoms with van der Waals surface area (Å²) in [6.45, 7) is 5.81. The number of carbonyl (C=O) groups excluding carboxylic acids is 2. The Hall–Kier alpha value is -2.10. The lowest BCUT2D eigenvalue weighted by Gasteiger charge is -2.40. The van der Waals surface area contributed by atoms with Crippen LogP contribution in [0, 0.1) is 0 Å². The Bertz CT molecular complexity index is 636. The van der Waals surface area contributed by atoms with Gasteiger partial charge in [-0.2, -0.15) is 0 Å². The standard InChI is InChI=1S/C18H22N2O2/c1-3-17(21)19-8-9-20(13(2)12-19)18(22)16-10-14-6-4-5-7-15(14)11-16/h4-7,10,13H,3,8-9,11-12H2,1-2H3. The molecule has 1 atom stereocenters. The molecule has 0 N–H and O–H groups in total. The van der Waals surface area contributed by atoms with E-state index in [1.165, 1.54) is 5.56 Å².